The molecule has 1 saturated heterocycles. The lowest BCUT2D eigenvalue weighted by molar-refractivity contribution is 0.299. The van der Waals surface area contributed by atoms with Crippen molar-refractivity contribution in [3.63, 3.8) is 0 Å². The van der Waals surface area contributed by atoms with Crippen LogP contribution in [0, 0.1) is 5.92 Å². The first-order chi connectivity index (χ1) is 10.1. The largest absolute Gasteiger partial charge is 0.310 e. The molecule has 21 heavy (non-hydrogen) atoms. The number of nitrogens with zero attached hydrogens (tertiary/aromatic N) is 1. The monoisotopic (exact) mass is 372 g/mol. The van der Waals surface area contributed by atoms with Gasteiger partial charge in [0.25, 0.3) is 0 Å². The summed E-state index contributed by atoms with van der Waals surface area (Å²) in [7, 11) is 0. The number of halogens is 2. The Hall–Kier alpha value is -0.0900. The van der Waals surface area contributed by atoms with Crippen LogP contribution in [0.15, 0.2) is 22.7 Å². The van der Waals surface area contributed by atoms with E-state index in [9.17, 15) is 0 Å². The van der Waals surface area contributed by atoms with E-state index in [0.717, 1.165) is 34.9 Å². The van der Waals surface area contributed by atoms with Gasteiger partial charge < -0.3 is 10.2 Å². The Labute approximate surface area is 142 Å². The van der Waals surface area contributed by atoms with Gasteiger partial charge in [-0.25, -0.2) is 0 Å². The molecule has 118 valence electrons. The van der Waals surface area contributed by atoms with Crippen molar-refractivity contribution < 1.29 is 0 Å². The van der Waals surface area contributed by atoms with Gasteiger partial charge in [0.05, 0.1) is 0 Å². The highest BCUT2D eigenvalue weighted by atomic mass is 79.9. The number of benzene rings is 1. The van der Waals surface area contributed by atoms with E-state index in [0.29, 0.717) is 6.04 Å². The lowest BCUT2D eigenvalue weighted by Crippen LogP contribution is -2.28. The summed E-state index contributed by atoms with van der Waals surface area (Å²) in [6.07, 6.45) is 3.79. The third-order valence-corrected chi connectivity index (χ3v) is 5.29. The first-order valence-electron chi connectivity index (χ1n) is 8.04. The molecule has 0 spiro atoms. The van der Waals surface area contributed by atoms with Gasteiger partial charge in [0.1, 0.15) is 0 Å². The van der Waals surface area contributed by atoms with Crippen LogP contribution >= 0.6 is 27.5 Å². The Morgan fingerprint density at radius 3 is 2.86 bits per heavy atom. The molecule has 1 N–H and O–H groups in total. The molecule has 1 aliphatic rings. The molecule has 2 unspecified atom stereocenters. The molecule has 4 heteroatoms. The fourth-order valence-corrected chi connectivity index (χ4v) is 3.96. The molecule has 0 saturated carbocycles. The molecule has 0 bridgehead atoms. The van der Waals surface area contributed by atoms with Crippen LogP contribution in [0.3, 0.4) is 0 Å². The van der Waals surface area contributed by atoms with Crippen LogP contribution in [0.5, 0.6) is 0 Å². The predicted molar refractivity (Wildman–Crippen MR) is 95.0 cm³/mol. The maximum atomic E-state index is 6.42. The lowest BCUT2D eigenvalue weighted by atomic mass is 10.0. The van der Waals surface area contributed by atoms with E-state index in [1.807, 2.05) is 6.07 Å². The van der Waals surface area contributed by atoms with Crippen molar-refractivity contribution >= 4 is 27.5 Å². The van der Waals surface area contributed by atoms with E-state index in [-0.39, 0.29) is 0 Å². The Balaban J connectivity index is 1.96. The third kappa shape index (κ3) is 4.95. The topological polar surface area (TPSA) is 15.3 Å². The molecule has 2 rings (SSSR count). The zero-order valence-corrected chi connectivity index (χ0v) is 15.4. The second kappa shape index (κ2) is 8.52. The second-order valence-electron chi connectivity index (χ2n) is 5.93. The molecule has 0 radical (unpaired) electrons. The Morgan fingerprint density at radius 2 is 2.24 bits per heavy atom. The molecule has 2 atom stereocenters. The highest BCUT2D eigenvalue weighted by Gasteiger charge is 2.22. The van der Waals surface area contributed by atoms with Crippen molar-refractivity contribution in [3.05, 3.63) is 33.3 Å². The van der Waals surface area contributed by atoms with Gasteiger partial charge >= 0.3 is 0 Å². The number of hydrogen-bond donors (Lipinski definition) is 1. The maximum absolute atomic E-state index is 6.42. The van der Waals surface area contributed by atoms with E-state index < -0.39 is 0 Å². The molecule has 1 aromatic carbocycles. The average Bonchev–Trinajstić information content (AvgIpc) is 2.92. The van der Waals surface area contributed by atoms with Gasteiger partial charge in [0.15, 0.2) is 0 Å². The summed E-state index contributed by atoms with van der Waals surface area (Å²) in [5.74, 6) is 0.902. The summed E-state index contributed by atoms with van der Waals surface area (Å²) >= 11 is 9.90. The standard InChI is InChI=1S/C17H26BrClN2/c1-3-13-7-9-21(12-13)10-8-17(20-4-2)15-6-5-14(18)11-16(15)19/h5-6,11,13,17,20H,3-4,7-10,12H2,1-2H3. The molecule has 1 aliphatic heterocycles. The number of likely N-dealkylation sites (tertiary alicyclic amines) is 1. The Morgan fingerprint density at radius 1 is 1.43 bits per heavy atom. The minimum absolute atomic E-state index is 0.344. The van der Waals surface area contributed by atoms with Crippen molar-refractivity contribution in [2.24, 2.45) is 5.92 Å². The summed E-state index contributed by atoms with van der Waals surface area (Å²) in [6, 6.07) is 6.55. The van der Waals surface area contributed by atoms with Crippen molar-refractivity contribution in [2.45, 2.75) is 39.2 Å². The summed E-state index contributed by atoms with van der Waals surface area (Å²) in [4.78, 5) is 2.60. The van der Waals surface area contributed by atoms with Crippen LogP contribution in [-0.4, -0.2) is 31.1 Å². The Bertz CT molecular complexity index is 452. The quantitative estimate of drug-likeness (QED) is 0.733. The molecule has 1 aromatic rings. The average molecular weight is 374 g/mol. The van der Waals surface area contributed by atoms with E-state index >= 15 is 0 Å². The third-order valence-electron chi connectivity index (χ3n) is 4.47. The van der Waals surface area contributed by atoms with Gasteiger partial charge in [0.2, 0.25) is 0 Å². The normalized spacial score (nSPS) is 20.9. The molecular weight excluding hydrogens is 348 g/mol. The summed E-state index contributed by atoms with van der Waals surface area (Å²) in [5.41, 5.74) is 1.22. The van der Waals surface area contributed by atoms with E-state index in [4.69, 9.17) is 11.6 Å². The molecule has 2 nitrogen and oxygen atoms in total. The zero-order valence-electron chi connectivity index (χ0n) is 13.0. The molecule has 0 amide bonds. The van der Waals surface area contributed by atoms with Gasteiger partial charge in [-0.2, -0.15) is 0 Å². The van der Waals surface area contributed by atoms with Gasteiger partial charge in [-0.05, 0) is 56.1 Å². The maximum Gasteiger partial charge on any atom is 0.0465 e. The second-order valence-corrected chi connectivity index (χ2v) is 7.25. The van der Waals surface area contributed by atoms with Crippen LogP contribution in [0.25, 0.3) is 0 Å². The van der Waals surface area contributed by atoms with Crippen molar-refractivity contribution in [3.8, 4) is 0 Å². The van der Waals surface area contributed by atoms with Gasteiger partial charge in [-0.15, -0.1) is 0 Å². The van der Waals surface area contributed by atoms with Gasteiger partial charge in [0, 0.05) is 22.1 Å². The fraction of sp³-hybridized carbons (Fsp3) is 0.647. The van der Waals surface area contributed by atoms with E-state index in [1.165, 1.54) is 31.5 Å². The van der Waals surface area contributed by atoms with Crippen molar-refractivity contribution in [1.29, 1.82) is 0 Å². The van der Waals surface area contributed by atoms with Crippen LogP contribution in [0.2, 0.25) is 5.02 Å². The highest BCUT2D eigenvalue weighted by Crippen LogP contribution is 2.29. The van der Waals surface area contributed by atoms with Crippen LogP contribution < -0.4 is 5.32 Å². The van der Waals surface area contributed by atoms with Crippen molar-refractivity contribution in [1.82, 2.24) is 10.2 Å². The first kappa shape index (κ1) is 17.3. The first-order valence-corrected chi connectivity index (χ1v) is 9.21. The molecule has 0 aromatic heterocycles. The van der Waals surface area contributed by atoms with E-state index in [2.05, 4.69) is 52.1 Å². The zero-order chi connectivity index (χ0) is 15.2. The van der Waals surface area contributed by atoms with Crippen LogP contribution in [-0.2, 0) is 0 Å². The summed E-state index contributed by atoms with van der Waals surface area (Å²) in [6.45, 7) is 9.10. The van der Waals surface area contributed by atoms with Crippen molar-refractivity contribution in [2.75, 3.05) is 26.2 Å². The lowest BCUT2D eigenvalue weighted by Gasteiger charge is -2.23. The summed E-state index contributed by atoms with van der Waals surface area (Å²) in [5, 5.41) is 4.43. The smallest absolute Gasteiger partial charge is 0.0465 e. The molecule has 1 heterocycles. The molecular formula is C17H26BrClN2. The van der Waals surface area contributed by atoms with Crippen LogP contribution in [0.4, 0.5) is 0 Å². The summed E-state index contributed by atoms with van der Waals surface area (Å²) < 4.78 is 1.04. The number of hydrogen-bond acceptors (Lipinski definition) is 2. The molecule has 0 aliphatic carbocycles. The fourth-order valence-electron chi connectivity index (χ4n) is 3.16. The van der Waals surface area contributed by atoms with Gasteiger partial charge in [-0.1, -0.05) is 53.9 Å². The number of rotatable bonds is 7. The van der Waals surface area contributed by atoms with Crippen LogP contribution in [0.1, 0.15) is 44.7 Å². The SMILES string of the molecule is CCNC(CCN1CCC(CC)C1)c1ccc(Br)cc1Cl. The Kier molecular flexibility index (Phi) is 7.00. The predicted octanol–water partition coefficient (Wildman–Crippen LogP) is 4.88. The number of nitrogens with one attached hydrogen (secondary N) is 1. The minimum atomic E-state index is 0.344. The highest BCUT2D eigenvalue weighted by molar-refractivity contribution is 9.10. The molecule has 1 fully saturated rings. The van der Waals surface area contributed by atoms with E-state index in [1.54, 1.807) is 0 Å². The minimum Gasteiger partial charge on any atom is -0.310 e. The van der Waals surface area contributed by atoms with Gasteiger partial charge in [-0.3, -0.25) is 0 Å².